The molecule has 7 heteroatoms. The Morgan fingerprint density at radius 3 is 2.58 bits per heavy atom. The summed E-state index contributed by atoms with van der Waals surface area (Å²) in [5.74, 6) is 0. The van der Waals surface area contributed by atoms with E-state index in [1.54, 1.807) is 5.38 Å². The average molecular weight is 306 g/mol. The van der Waals surface area contributed by atoms with E-state index in [-0.39, 0.29) is 11.5 Å². The van der Waals surface area contributed by atoms with Crippen molar-refractivity contribution >= 4 is 21.4 Å². The predicted octanol–water partition coefficient (Wildman–Crippen LogP) is 1.25. The minimum absolute atomic E-state index is 0.123. The van der Waals surface area contributed by atoms with Crippen LogP contribution in [-0.4, -0.2) is 44.6 Å². The second kappa shape index (κ2) is 7.96. The second-order valence-electron chi connectivity index (χ2n) is 4.19. The molecular weight excluding hydrogens is 284 g/mol. The molecule has 0 aliphatic carbocycles. The molecule has 5 nitrogen and oxygen atoms in total. The number of sulfonamides is 1. The summed E-state index contributed by atoms with van der Waals surface area (Å²) in [6.07, 6.45) is 0.790. The molecule has 0 unspecified atom stereocenters. The van der Waals surface area contributed by atoms with Gasteiger partial charge in [-0.1, -0.05) is 13.8 Å². The number of aliphatic hydroxyl groups is 1. The molecule has 0 atom stereocenters. The van der Waals surface area contributed by atoms with E-state index in [0.29, 0.717) is 11.4 Å². The second-order valence-corrected chi connectivity index (χ2v) is 6.95. The smallest absolute Gasteiger partial charge is 0.241 e. The molecule has 1 rings (SSSR count). The van der Waals surface area contributed by atoms with Gasteiger partial charge in [-0.25, -0.2) is 13.1 Å². The summed E-state index contributed by atoms with van der Waals surface area (Å²) in [5, 5.41) is 10.5. The molecule has 0 saturated carbocycles. The molecule has 0 fully saturated rings. The van der Waals surface area contributed by atoms with Crippen LogP contribution < -0.4 is 4.72 Å². The van der Waals surface area contributed by atoms with Crippen LogP contribution in [-0.2, 0) is 16.6 Å². The fraction of sp³-hybridized carbons (Fsp3) is 0.667. The lowest BCUT2D eigenvalue weighted by atomic mass is 10.4. The molecule has 0 spiro atoms. The van der Waals surface area contributed by atoms with Crippen molar-refractivity contribution in [1.82, 2.24) is 9.62 Å². The van der Waals surface area contributed by atoms with Crippen LogP contribution in [0.15, 0.2) is 16.3 Å². The van der Waals surface area contributed by atoms with Gasteiger partial charge in [0.15, 0.2) is 0 Å². The Morgan fingerprint density at radius 2 is 2.05 bits per heavy atom. The molecule has 0 aliphatic rings. The third-order valence-electron chi connectivity index (χ3n) is 2.93. The Hall–Kier alpha value is -0.470. The molecule has 1 heterocycles. The van der Waals surface area contributed by atoms with E-state index in [9.17, 15) is 8.42 Å². The molecule has 1 aromatic heterocycles. The maximum absolute atomic E-state index is 11.9. The number of aliphatic hydroxyl groups excluding tert-OH is 1. The monoisotopic (exact) mass is 306 g/mol. The van der Waals surface area contributed by atoms with Crippen LogP contribution in [0.1, 0.15) is 25.1 Å². The average Bonchev–Trinajstić information content (AvgIpc) is 2.88. The van der Waals surface area contributed by atoms with E-state index in [0.717, 1.165) is 26.1 Å². The molecular formula is C12H22N2O3S2. The lowest BCUT2D eigenvalue weighted by molar-refractivity contribution is 0.285. The van der Waals surface area contributed by atoms with Gasteiger partial charge >= 0.3 is 0 Å². The van der Waals surface area contributed by atoms with Crippen molar-refractivity contribution in [3.05, 3.63) is 16.3 Å². The van der Waals surface area contributed by atoms with E-state index in [1.165, 1.54) is 17.4 Å². The van der Waals surface area contributed by atoms with Crippen LogP contribution in [0.3, 0.4) is 0 Å². The summed E-state index contributed by atoms with van der Waals surface area (Å²) in [6.45, 7) is 7.35. The summed E-state index contributed by atoms with van der Waals surface area (Å²) in [6, 6.07) is 1.51. The Kier molecular flexibility index (Phi) is 6.95. The van der Waals surface area contributed by atoms with Gasteiger partial charge in [-0.2, -0.15) is 0 Å². The first kappa shape index (κ1) is 16.6. The number of hydrogen-bond acceptors (Lipinski definition) is 5. The minimum atomic E-state index is -3.43. The van der Waals surface area contributed by atoms with E-state index in [4.69, 9.17) is 5.11 Å². The Labute approximate surface area is 119 Å². The maximum Gasteiger partial charge on any atom is 0.241 e. The Morgan fingerprint density at radius 1 is 1.37 bits per heavy atom. The van der Waals surface area contributed by atoms with Crippen LogP contribution in [0.5, 0.6) is 0 Å². The van der Waals surface area contributed by atoms with Crippen LogP contribution in [0.2, 0.25) is 0 Å². The van der Waals surface area contributed by atoms with Gasteiger partial charge in [0.25, 0.3) is 0 Å². The lowest BCUT2D eigenvalue weighted by Gasteiger charge is -2.17. The highest BCUT2D eigenvalue weighted by Gasteiger charge is 2.15. The quantitative estimate of drug-likeness (QED) is 0.674. The van der Waals surface area contributed by atoms with E-state index >= 15 is 0 Å². The van der Waals surface area contributed by atoms with E-state index in [1.807, 2.05) is 0 Å². The number of rotatable bonds is 9. The predicted molar refractivity (Wildman–Crippen MR) is 77.8 cm³/mol. The zero-order valence-electron chi connectivity index (χ0n) is 11.4. The zero-order chi connectivity index (χ0) is 14.3. The van der Waals surface area contributed by atoms with Crippen LogP contribution >= 0.6 is 11.3 Å². The highest BCUT2D eigenvalue weighted by molar-refractivity contribution is 7.89. The Balaban J connectivity index is 2.43. The van der Waals surface area contributed by atoms with Gasteiger partial charge in [0, 0.05) is 16.8 Å². The van der Waals surface area contributed by atoms with Gasteiger partial charge in [0.1, 0.15) is 0 Å². The maximum atomic E-state index is 11.9. The molecule has 0 aliphatic heterocycles. The van der Waals surface area contributed by atoms with Gasteiger partial charge in [0.05, 0.1) is 11.5 Å². The summed E-state index contributed by atoms with van der Waals surface area (Å²) < 4.78 is 26.5. The first-order chi connectivity index (χ1) is 9.03. The standard InChI is InChI=1S/C12H22N2O3S2/c1-3-14(4-2)7-5-6-13-19(16,17)12-8-11(9-15)18-10-12/h8,10,13,15H,3-7,9H2,1-2H3. The molecule has 0 radical (unpaired) electrons. The SMILES string of the molecule is CCN(CC)CCCNS(=O)(=O)c1csc(CO)c1. The lowest BCUT2D eigenvalue weighted by Crippen LogP contribution is -2.29. The number of nitrogens with one attached hydrogen (secondary N) is 1. The normalized spacial score (nSPS) is 12.2. The van der Waals surface area contributed by atoms with Crippen molar-refractivity contribution in [1.29, 1.82) is 0 Å². The van der Waals surface area contributed by atoms with Crippen LogP contribution in [0.4, 0.5) is 0 Å². The first-order valence-electron chi connectivity index (χ1n) is 6.43. The van der Waals surface area contributed by atoms with Crippen molar-refractivity contribution in [3.63, 3.8) is 0 Å². The van der Waals surface area contributed by atoms with E-state index < -0.39 is 10.0 Å². The topological polar surface area (TPSA) is 69.6 Å². The molecule has 19 heavy (non-hydrogen) atoms. The van der Waals surface area contributed by atoms with Gasteiger partial charge in [-0.15, -0.1) is 11.3 Å². The minimum Gasteiger partial charge on any atom is -0.391 e. The highest BCUT2D eigenvalue weighted by atomic mass is 32.2. The van der Waals surface area contributed by atoms with Gasteiger partial charge in [-0.05, 0) is 32.1 Å². The molecule has 0 bridgehead atoms. The molecule has 0 amide bonds. The zero-order valence-corrected chi connectivity index (χ0v) is 13.1. The summed E-state index contributed by atoms with van der Waals surface area (Å²) >= 11 is 1.25. The molecule has 2 N–H and O–H groups in total. The molecule has 0 saturated heterocycles. The van der Waals surface area contributed by atoms with Crippen LogP contribution in [0, 0.1) is 0 Å². The van der Waals surface area contributed by atoms with Crippen molar-refractivity contribution in [2.75, 3.05) is 26.2 Å². The van der Waals surface area contributed by atoms with Crippen molar-refractivity contribution < 1.29 is 13.5 Å². The number of hydrogen-bond donors (Lipinski definition) is 2. The fourth-order valence-electron chi connectivity index (χ4n) is 1.72. The largest absolute Gasteiger partial charge is 0.391 e. The fourth-order valence-corrected chi connectivity index (χ4v) is 3.92. The highest BCUT2D eigenvalue weighted by Crippen LogP contribution is 2.18. The number of nitrogens with zero attached hydrogens (tertiary/aromatic N) is 1. The first-order valence-corrected chi connectivity index (χ1v) is 8.80. The van der Waals surface area contributed by atoms with Crippen molar-refractivity contribution in [3.8, 4) is 0 Å². The molecule has 1 aromatic rings. The Bertz CT molecular complexity index is 467. The molecule has 0 aromatic carbocycles. The van der Waals surface area contributed by atoms with Gasteiger partial charge < -0.3 is 10.0 Å². The third kappa shape index (κ3) is 5.19. The third-order valence-corrected chi connectivity index (χ3v) is 5.44. The van der Waals surface area contributed by atoms with Crippen molar-refractivity contribution in [2.45, 2.75) is 31.8 Å². The van der Waals surface area contributed by atoms with Crippen LogP contribution in [0.25, 0.3) is 0 Å². The summed E-state index contributed by atoms with van der Waals surface area (Å²) in [7, 11) is -3.43. The van der Waals surface area contributed by atoms with Gasteiger partial charge in [-0.3, -0.25) is 0 Å². The van der Waals surface area contributed by atoms with Crippen molar-refractivity contribution in [2.24, 2.45) is 0 Å². The summed E-state index contributed by atoms with van der Waals surface area (Å²) in [4.78, 5) is 3.15. The van der Waals surface area contributed by atoms with Gasteiger partial charge in [0.2, 0.25) is 10.0 Å². The molecule has 110 valence electrons. The summed E-state index contributed by atoms with van der Waals surface area (Å²) in [5.41, 5.74) is 0. The van der Waals surface area contributed by atoms with E-state index in [2.05, 4.69) is 23.5 Å². The number of thiophene rings is 1.